The lowest BCUT2D eigenvalue weighted by Gasteiger charge is -2.08. The van der Waals surface area contributed by atoms with E-state index < -0.39 is 0 Å². The Labute approximate surface area is 127 Å². The van der Waals surface area contributed by atoms with Crippen LogP contribution in [0, 0.1) is 0 Å². The van der Waals surface area contributed by atoms with E-state index in [0.717, 1.165) is 4.47 Å². The Morgan fingerprint density at radius 3 is 2.72 bits per heavy atom. The van der Waals surface area contributed by atoms with E-state index in [1.807, 2.05) is 12.3 Å². The molecule has 0 radical (unpaired) electrons. The Kier molecular flexibility index (Phi) is 4.72. The Hall–Kier alpha value is -0.490. The summed E-state index contributed by atoms with van der Waals surface area (Å²) in [6, 6.07) is 6.87. The van der Waals surface area contributed by atoms with E-state index in [1.165, 1.54) is 11.8 Å². The molecular weight excluding hydrogens is 359 g/mol. The summed E-state index contributed by atoms with van der Waals surface area (Å²) in [6.45, 7) is 0. The van der Waals surface area contributed by atoms with Crippen molar-refractivity contribution in [2.75, 3.05) is 6.26 Å². The van der Waals surface area contributed by atoms with Crippen molar-refractivity contribution >= 4 is 50.9 Å². The van der Waals surface area contributed by atoms with Crippen LogP contribution in [0.25, 0.3) is 0 Å². The van der Waals surface area contributed by atoms with Crippen LogP contribution in [-0.4, -0.2) is 16.2 Å². The van der Waals surface area contributed by atoms with Crippen LogP contribution in [0.4, 0.5) is 0 Å². The second-order valence-electron chi connectivity index (χ2n) is 3.19. The molecule has 0 unspecified atom stereocenters. The molecule has 2 rings (SSSR count). The Morgan fingerprint density at radius 1 is 1.22 bits per heavy atom. The minimum absolute atomic E-state index is 0.329. The van der Waals surface area contributed by atoms with Crippen molar-refractivity contribution in [3.8, 4) is 11.6 Å². The first-order chi connectivity index (χ1) is 8.58. The van der Waals surface area contributed by atoms with Gasteiger partial charge in [-0.2, -0.15) is 4.98 Å². The van der Waals surface area contributed by atoms with Gasteiger partial charge in [0, 0.05) is 10.5 Å². The summed E-state index contributed by atoms with van der Waals surface area (Å²) < 4.78 is 6.47. The van der Waals surface area contributed by atoms with Crippen LogP contribution in [0.1, 0.15) is 0 Å². The SMILES string of the molecule is CSc1nc(Cl)cc(Oc2cc(Br)ccc2Cl)n1. The van der Waals surface area contributed by atoms with Gasteiger partial charge < -0.3 is 4.74 Å². The zero-order chi connectivity index (χ0) is 13.1. The smallest absolute Gasteiger partial charge is 0.224 e. The third-order valence-electron chi connectivity index (χ3n) is 1.94. The van der Waals surface area contributed by atoms with Crippen molar-refractivity contribution in [3.63, 3.8) is 0 Å². The van der Waals surface area contributed by atoms with Gasteiger partial charge in [0.2, 0.25) is 5.88 Å². The van der Waals surface area contributed by atoms with Crippen LogP contribution in [0.3, 0.4) is 0 Å². The van der Waals surface area contributed by atoms with Crippen molar-refractivity contribution in [3.05, 3.63) is 38.9 Å². The number of hydrogen-bond donors (Lipinski definition) is 0. The molecule has 7 heteroatoms. The van der Waals surface area contributed by atoms with Gasteiger partial charge >= 0.3 is 0 Å². The molecule has 0 N–H and O–H groups in total. The number of ether oxygens (including phenoxy) is 1. The van der Waals surface area contributed by atoms with E-state index in [9.17, 15) is 0 Å². The predicted octanol–water partition coefficient (Wildman–Crippen LogP) is 5.06. The topological polar surface area (TPSA) is 35.0 Å². The summed E-state index contributed by atoms with van der Waals surface area (Å²) in [5, 5.41) is 1.37. The fraction of sp³-hybridized carbons (Fsp3) is 0.0909. The van der Waals surface area contributed by atoms with Crippen LogP contribution in [0.15, 0.2) is 33.9 Å². The number of nitrogens with zero attached hydrogens (tertiary/aromatic N) is 2. The number of benzene rings is 1. The van der Waals surface area contributed by atoms with Gasteiger partial charge in [0.05, 0.1) is 5.02 Å². The first-order valence-corrected chi connectivity index (χ1v) is 7.57. The highest BCUT2D eigenvalue weighted by Crippen LogP contribution is 2.32. The van der Waals surface area contributed by atoms with Crippen molar-refractivity contribution in [2.24, 2.45) is 0 Å². The zero-order valence-corrected chi connectivity index (χ0v) is 13.1. The zero-order valence-electron chi connectivity index (χ0n) is 9.15. The number of hydrogen-bond acceptors (Lipinski definition) is 4. The van der Waals surface area contributed by atoms with Gasteiger partial charge in [-0.3, -0.25) is 0 Å². The van der Waals surface area contributed by atoms with Crippen LogP contribution in [0.5, 0.6) is 11.6 Å². The predicted molar refractivity (Wildman–Crippen MR) is 78.0 cm³/mol. The largest absolute Gasteiger partial charge is 0.437 e. The molecule has 0 fully saturated rings. The Morgan fingerprint density at radius 2 is 2.00 bits per heavy atom. The number of rotatable bonds is 3. The van der Waals surface area contributed by atoms with Crippen LogP contribution in [0.2, 0.25) is 10.2 Å². The molecule has 1 aromatic carbocycles. The lowest BCUT2D eigenvalue weighted by Crippen LogP contribution is -1.93. The summed E-state index contributed by atoms with van der Waals surface area (Å²) in [5.41, 5.74) is 0. The molecule has 0 spiro atoms. The van der Waals surface area contributed by atoms with E-state index in [2.05, 4.69) is 25.9 Å². The summed E-state index contributed by atoms with van der Waals surface area (Å²) in [7, 11) is 0. The fourth-order valence-corrected chi connectivity index (χ4v) is 2.28. The van der Waals surface area contributed by atoms with Gasteiger partial charge in [-0.15, -0.1) is 0 Å². The van der Waals surface area contributed by atoms with Crippen molar-refractivity contribution in [1.82, 2.24) is 9.97 Å². The summed E-state index contributed by atoms with van der Waals surface area (Å²) in [6.07, 6.45) is 1.86. The first-order valence-electron chi connectivity index (χ1n) is 4.80. The van der Waals surface area contributed by atoms with Crippen LogP contribution >= 0.6 is 50.9 Å². The second kappa shape index (κ2) is 6.10. The quantitative estimate of drug-likeness (QED) is 0.432. The van der Waals surface area contributed by atoms with Gasteiger partial charge in [-0.25, -0.2) is 4.98 Å². The van der Waals surface area contributed by atoms with E-state index in [1.54, 1.807) is 18.2 Å². The van der Waals surface area contributed by atoms with E-state index in [-0.39, 0.29) is 0 Å². The number of aromatic nitrogens is 2. The standard InChI is InChI=1S/C11H7BrCl2N2OS/c1-18-11-15-9(14)5-10(16-11)17-8-4-6(12)2-3-7(8)13/h2-5H,1H3. The summed E-state index contributed by atoms with van der Waals surface area (Å²) >= 11 is 16.6. The molecule has 0 bridgehead atoms. The number of halogens is 3. The molecule has 1 aromatic heterocycles. The van der Waals surface area contributed by atoms with Crippen molar-refractivity contribution in [1.29, 1.82) is 0 Å². The van der Waals surface area contributed by atoms with Gasteiger partial charge in [-0.1, -0.05) is 50.9 Å². The normalized spacial score (nSPS) is 10.4. The maximum atomic E-state index is 6.03. The molecular formula is C11H7BrCl2N2OS. The third-order valence-corrected chi connectivity index (χ3v) is 3.49. The molecule has 2 aromatic rings. The molecule has 1 heterocycles. The van der Waals surface area contributed by atoms with Crippen LogP contribution in [-0.2, 0) is 0 Å². The molecule has 0 aliphatic carbocycles. The molecule has 94 valence electrons. The van der Waals surface area contributed by atoms with E-state index >= 15 is 0 Å². The molecule has 0 aliphatic rings. The summed E-state index contributed by atoms with van der Waals surface area (Å²) in [4.78, 5) is 8.22. The molecule has 0 saturated carbocycles. The first kappa shape index (κ1) is 13.9. The molecule has 3 nitrogen and oxygen atoms in total. The third kappa shape index (κ3) is 3.51. The monoisotopic (exact) mass is 364 g/mol. The highest BCUT2D eigenvalue weighted by atomic mass is 79.9. The average Bonchev–Trinajstić information content (AvgIpc) is 2.33. The highest BCUT2D eigenvalue weighted by Gasteiger charge is 2.08. The molecule has 0 saturated heterocycles. The van der Waals surface area contributed by atoms with Crippen molar-refractivity contribution < 1.29 is 4.74 Å². The van der Waals surface area contributed by atoms with Gasteiger partial charge in [0.15, 0.2) is 5.16 Å². The fourth-order valence-electron chi connectivity index (χ4n) is 1.19. The molecule has 0 amide bonds. The molecule has 18 heavy (non-hydrogen) atoms. The number of thioether (sulfide) groups is 1. The van der Waals surface area contributed by atoms with Crippen LogP contribution < -0.4 is 4.74 Å². The van der Waals surface area contributed by atoms with Gasteiger partial charge in [0.25, 0.3) is 0 Å². The minimum atomic E-state index is 0.329. The molecule has 0 atom stereocenters. The van der Waals surface area contributed by atoms with E-state index in [0.29, 0.717) is 27.0 Å². The molecule has 0 aliphatic heterocycles. The van der Waals surface area contributed by atoms with Crippen molar-refractivity contribution in [2.45, 2.75) is 5.16 Å². The Balaban J connectivity index is 2.33. The lowest BCUT2D eigenvalue weighted by molar-refractivity contribution is 0.455. The minimum Gasteiger partial charge on any atom is -0.437 e. The maximum Gasteiger partial charge on any atom is 0.224 e. The second-order valence-corrected chi connectivity index (χ2v) is 5.68. The summed E-state index contributed by atoms with van der Waals surface area (Å²) in [5.74, 6) is 0.868. The van der Waals surface area contributed by atoms with E-state index in [4.69, 9.17) is 27.9 Å². The Bertz CT molecular complexity index is 583. The van der Waals surface area contributed by atoms with Gasteiger partial charge in [-0.05, 0) is 24.5 Å². The highest BCUT2D eigenvalue weighted by molar-refractivity contribution is 9.10. The average molecular weight is 366 g/mol. The lowest BCUT2D eigenvalue weighted by atomic mass is 10.3. The van der Waals surface area contributed by atoms with Gasteiger partial charge in [0.1, 0.15) is 10.9 Å². The maximum absolute atomic E-state index is 6.03.